The summed E-state index contributed by atoms with van der Waals surface area (Å²) < 4.78 is 17.3. The highest BCUT2D eigenvalue weighted by molar-refractivity contribution is 5.99. The van der Waals surface area contributed by atoms with E-state index in [-0.39, 0.29) is 5.69 Å². The van der Waals surface area contributed by atoms with Crippen LogP contribution >= 0.6 is 0 Å². The van der Waals surface area contributed by atoms with Gasteiger partial charge in [-0.1, -0.05) is 0 Å². The van der Waals surface area contributed by atoms with Gasteiger partial charge in [0, 0.05) is 0 Å². The van der Waals surface area contributed by atoms with Crippen LogP contribution in [-0.2, 0) is 4.74 Å². The molecule has 0 atom stereocenters. The van der Waals surface area contributed by atoms with Crippen molar-refractivity contribution in [1.82, 2.24) is 0 Å². The third kappa shape index (κ3) is 1.85. The lowest BCUT2D eigenvalue weighted by Crippen LogP contribution is -2.10. The first-order valence-electron chi connectivity index (χ1n) is 3.79. The number of nitro groups is 1. The zero-order chi connectivity index (χ0) is 11.6. The highest BCUT2D eigenvalue weighted by atomic mass is 19.1. The lowest BCUT2D eigenvalue weighted by molar-refractivity contribution is -0.387. The maximum absolute atomic E-state index is 13.1. The van der Waals surface area contributed by atoms with E-state index in [0.717, 1.165) is 19.2 Å². The molecule has 0 saturated heterocycles. The number of carbonyl (C=O) groups excluding carboxylic acids is 1. The molecule has 6 nitrogen and oxygen atoms in total. The fourth-order valence-corrected chi connectivity index (χ4v) is 1.08. The smallest absolute Gasteiger partial charge is 0.347 e. The van der Waals surface area contributed by atoms with Gasteiger partial charge in [0.05, 0.1) is 17.7 Å². The quantitative estimate of drug-likeness (QED) is 0.344. The summed E-state index contributed by atoms with van der Waals surface area (Å²) in [5.74, 6) is -2.17. The predicted octanol–water partition coefficient (Wildman–Crippen LogP) is 1.10. The summed E-state index contributed by atoms with van der Waals surface area (Å²) in [5, 5.41) is 10.5. The summed E-state index contributed by atoms with van der Waals surface area (Å²) in [4.78, 5) is 20.6. The molecule has 0 heterocycles. The Morgan fingerprint density at radius 1 is 1.60 bits per heavy atom. The molecular formula is C8H7FN2O4. The number of nitro benzene ring substituents is 1. The van der Waals surface area contributed by atoms with E-state index in [4.69, 9.17) is 5.73 Å². The summed E-state index contributed by atoms with van der Waals surface area (Å²) >= 11 is 0. The highest BCUT2D eigenvalue weighted by Gasteiger charge is 2.28. The largest absolute Gasteiger partial charge is 0.465 e. The van der Waals surface area contributed by atoms with E-state index in [1.54, 1.807) is 0 Å². The predicted molar refractivity (Wildman–Crippen MR) is 48.8 cm³/mol. The van der Waals surface area contributed by atoms with Crippen molar-refractivity contribution in [2.24, 2.45) is 0 Å². The fourth-order valence-electron chi connectivity index (χ4n) is 1.08. The number of halogens is 1. The Bertz CT molecular complexity index is 433. The van der Waals surface area contributed by atoms with Crippen molar-refractivity contribution < 1.29 is 18.8 Å². The lowest BCUT2D eigenvalue weighted by atomic mass is 10.1. The van der Waals surface area contributed by atoms with Crippen molar-refractivity contribution in [2.45, 2.75) is 0 Å². The molecule has 0 unspecified atom stereocenters. The van der Waals surface area contributed by atoms with Gasteiger partial charge >= 0.3 is 11.7 Å². The van der Waals surface area contributed by atoms with Gasteiger partial charge in [0.1, 0.15) is 0 Å². The van der Waals surface area contributed by atoms with Crippen LogP contribution in [0.5, 0.6) is 0 Å². The van der Waals surface area contributed by atoms with Gasteiger partial charge in [-0.2, -0.15) is 4.39 Å². The Morgan fingerprint density at radius 3 is 2.67 bits per heavy atom. The maximum atomic E-state index is 13.1. The molecule has 0 bridgehead atoms. The summed E-state index contributed by atoms with van der Waals surface area (Å²) in [6, 6.07) is 1.88. The molecule has 1 aromatic carbocycles. The molecule has 0 radical (unpaired) electrons. The molecule has 1 rings (SSSR count). The second kappa shape index (κ2) is 3.91. The number of ether oxygens (including phenoxy) is 1. The number of nitrogens with zero attached hydrogens (tertiary/aromatic N) is 1. The maximum Gasteiger partial charge on any atom is 0.347 e. The molecule has 0 aliphatic rings. The van der Waals surface area contributed by atoms with E-state index in [1.807, 2.05) is 0 Å². The number of rotatable bonds is 2. The minimum absolute atomic E-state index is 0.199. The Kier molecular flexibility index (Phi) is 2.84. The van der Waals surface area contributed by atoms with Crippen LogP contribution in [0.4, 0.5) is 15.8 Å². The van der Waals surface area contributed by atoms with Crippen molar-refractivity contribution in [1.29, 1.82) is 0 Å². The van der Waals surface area contributed by atoms with Crippen LogP contribution in [0, 0.1) is 15.9 Å². The van der Waals surface area contributed by atoms with Crippen molar-refractivity contribution in [3.63, 3.8) is 0 Å². The van der Waals surface area contributed by atoms with E-state index in [0.29, 0.717) is 0 Å². The number of carbonyl (C=O) groups is 1. The molecule has 0 amide bonds. The Balaban J connectivity index is 3.52. The number of methoxy groups -OCH3 is 1. The average molecular weight is 214 g/mol. The zero-order valence-corrected chi connectivity index (χ0v) is 7.69. The molecule has 80 valence electrons. The van der Waals surface area contributed by atoms with Gasteiger partial charge < -0.3 is 10.5 Å². The van der Waals surface area contributed by atoms with Crippen molar-refractivity contribution in [2.75, 3.05) is 12.8 Å². The zero-order valence-electron chi connectivity index (χ0n) is 7.69. The Morgan fingerprint density at radius 2 is 2.20 bits per heavy atom. The monoisotopic (exact) mass is 214 g/mol. The third-order valence-corrected chi connectivity index (χ3v) is 1.73. The Hall–Kier alpha value is -2.18. The summed E-state index contributed by atoms with van der Waals surface area (Å²) in [6.45, 7) is 0. The van der Waals surface area contributed by atoms with Gasteiger partial charge in [0.15, 0.2) is 5.56 Å². The van der Waals surface area contributed by atoms with Gasteiger partial charge in [-0.3, -0.25) is 10.1 Å². The number of anilines is 1. The number of benzene rings is 1. The SMILES string of the molecule is COC(=O)c1c(N)ccc(F)c1[N+](=O)[O-]. The molecule has 0 spiro atoms. The molecule has 0 aliphatic heterocycles. The van der Waals surface area contributed by atoms with Gasteiger partial charge in [-0.05, 0) is 12.1 Å². The number of hydrogen-bond acceptors (Lipinski definition) is 5. The summed E-state index contributed by atoms with van der Waals surface area (Å²) in [6.07, 6.45) is 0. The number of nitrogen functional groups attached to an aromatic ring is 1. The number of nitrogens with two attached hydrogens (primary N) is 1. The summed E-state index contributed by atoms with van der Waals surface area (Å²) in [7, 11) is 1.02. The molecule has 7 heteroatoms. The fraction of sp³-hybridized carbons (Fsp3) is 0.125. The van der Waals surface area contributed by atoms with Crippen LogP contribution in [0.15, 0.2) is 12.1 Å². The van der Waals surface area contributed by atoms with Crippen molar-refractivity contribution in [3.05, 3.63) is 33.6 Å². The van der Waals surface area contributed by atoms with E-state index in [1.165, 1.54) is 0 Å². The van der Waals surface area contributed by atoms with E-state index >= 15 is 0 Å². The number of esters is 1. The first-order chi connectivity index (χ1) is 6.99. The van der Waals surface area contributed by atoms with Crippen molar-refractivity contribution in [3.8, 4) is 0 Å². The normalized spacial score (nSPS) is 9.73. The van der Waals surface area contributed by atoms with Crippen molar-refractivity contribution >= 4 is 17.3 Å². The van der Waals surface area contributed by atoms with Gasteiger partial charge in [0.2, 0.25) is 5.82 Å². The third-order valence-electron chi connectivity index (χ3n) is 1.73. The average Bonchev–Trinajstić information content (AvgIpc) is 2.19. The van der Waals surface area contributed by atoms with Gasteiger partial charge in [-0.25, -0.2) is 4.79 Å². The lowest BCUT2D eigenvalue weighted by Gasteiger charge is -2.04. The minimum atomic E-state index is -1.13. The molecule has 0 saturated carbocycles. The van der Waals surface area contributed by atoms with Crippen LogP contribution in [0.3, 0.4) is 0 Å². The molecule has 2 N–H and O–H groups in total. The topological polar surface area (TPSA) is 95.5 Å². The first kappa shape index (κ1) is 10.9. The van der Waals surface area contributed by atoms with Gasteiger partial charge in [0.25, 0.3) is 0 Å². The highest BCUT2D eigenvalue weighted by Crippen LogP contribution is 2.28. The van der Waals surface area contributed by atoms with E-state index in [9.17, 15) is 19.3 Å². The first-order valence-corrected chi connectivity index (χ1v) is 3.79. The molecule has 15 heavy (non-hydrogen) atoms. The molecule has 0 fully saturated rings. The molecule has 1 aromatic rings. The Labute approximate surface area is 83.6 Å². The van der Waals surface area contributed by atoms with E-state index < -0.39 is 28.0 Å². The van der Waals surface area contributed by atoms with E-state index in [2.05, 4.69) is 4.74 Å². The summed E-state index contributed by atoms with van der Waals surface area (Å²) in [5.41, 5.74) is 3.60. The molecular weight excluding hydrogens is 207 g/mol. The second-order valence-corrected chi connectivity index (χ2v) is 2.61. The standard InChI is InChI=1S/C8H7FN2O4/c1-15-8(12)6-5(10)3-2-4(9)7(6)11(13)14/h2-3H,10H2,1H3. The van der Waals surface area contributed by atoms with Crippen LogP contribution in [0.2, 0.25) is 0 Å². The van der Waals surface area contributed by atoms with Crippen LogP contribution < -0.4 is 5.73 Å². The van der Waals surface area contributed by atoms with Crippen LogP contribution in [-0.4, -0.2) is 18.0 Å². The van der Waals surface area contributed by atoms with Crippen LogP contribution in [0.1, 0.15) is 10.4 Å². The second-order valence-electron chi connectivity index (χ2n) is 2.61. The number of hydrogen-bond donors (Lipinski definition) is 1. The molecule has 0 aliphatic carbocycles. The van der Waals surface area contributed by atoms with Crippen LogP contribution in [0.25, 0.3) is 0 Å². The van der Waals surface area contributed by atoms with Gasteiger partial charge in [-0.15, -0.1) is 0 Å². The molecule has 0 aromatic heterocycles. The minimum Gasteiger partial charge on any atom is -0.465 e.